The third-order valence-electron chi connectivity index (χ3n) is 10.2. The molecule has 0 bridgehead atoms. The molecule has 0 saturated heterocycles. The summed E-state index contributed by atoms with van der Waals surface area (Å²) in [5, 5.41) is 17.9. The van der Waals surface area contributed by atoms with Gasteiger partial charge in [-0.05, 0) is 180 Å². The molecule has 0 aromatic heterocycles. The Kier molecular flexibility index (Phi) is 22.3. The Labute approximate surface area is 395 Å². The van der Waals surface area contributed by atoms with Crippen LogP contribution >= 0.6 is 0 Å². The molecule has 14 heteroatoms. The topological polar surface area (TPSA) is 160 Å². The molecule has 0 aliphatic rings. The maximum absolute atomic E-state index is 13.1. The predicted molar refractivity (Wildman–Crippen MR) is 266 cm³/mol. The minimum atomic E-state index is -0.591. The second-order valence-corrected chi connectivity index (χ2v) is 21.0. The molecule has 3 aromatic carbocycles. The molecule has 0 heterocycles. The number of ether oxygens (including phenoxy) is 4. The number of hydrogen-bond acceptors (Lipinski definition) is 10. The van der Waals surface area contributed by atoms with E-state index in [0.29, 0.717) is 65.2 Å². The highest BCUT2D eigenvalue weighted by atomic mass is 16.6. The van der Waals surface area contributed by atoms with E-state index in [9.17, 15) is 19.2 Å². The molecule has 0 fully saturated rings. The van der Waals surface area contributed by atoms with Crippen LogP contribution in [0.25, 0.3) is 21.5 Å². The molecule has 3 rings (SSSR count). The summed E-state index contributed by atoms with van der Waals surface area (Å²) < 4.78 is 22.1. The summed E-state index contributed by atoms with van der Waals surface area (Å²) in [6.07, 6.45) is 4.81. The fourth-order valence-corrected chi connectivity index (χ4v) is 7.33. The number of benzene rings is 3. The van der Waals surface area contributed by atoms with Crippen molar-refractivity contribution >= 4 is 45.9 Å². The number of amides is 4. The molecule has 0 aliphatic carbocycles. The van der Waals surface area contributed by atoms with Gasteiger partial charge in [0.1, 0.15) is 22.4 Å². The molecule has 66 heavy (non-hydrogen) atoms. The monoisotopic (exact) mass is 921 g/mol. The van der Waals surface area contributed by atoms with Gasteiger partial charge in [-0.3, -0.25) is 0 Å². The van der Waals surface area contributed by atoms with Gasteiger partial charge < -0.3 is 50.0 Å². The van der Waals surface area contributed by atoms with Gasteiger partial charge in [-0.2, -0.15) is 0 Å². The van der Waals surface area contributed by atoms with Crippen molar-refractivity contribution < 1.29 is 38.1 Å². The Morgan fingerprint density at radius 3 is 0.955 bits per heavy atom. The first-order valence-electron chi connectivity index (χ1n) is 24.1. The normalized spacial score (nSPS) is 12.2. The zero-order chi connectivity index (χ0) is 49.0. The molecular weight excluding hydrogens is 837 g/mol. The van der Waals surface area contributed by atoms with E-state index in [1.165, 1.54) is 32.7 Å². The van der Waals surface area contributed by atoms with E-state index in [2.05, 4.69) is 69.8 Å². The first-order valence-corrected chi connectivity index (χ1v) is 24.1. The van der Waals surface area contributed by atoms with Crippen LogP contribution in [0.4, 0.5) is 19.2 Å². The summed E-state index contributed by atoms with van der Waals surface area (Å²) in [5.74, 6) is 0. The van der Waals surface area contributed by atoms with Crippen molar-refractivity contribution in [3.05, 3.63) is 59.7 Å². The highest BCUT2D eigenvalue weighted by molar-refractivity contribution is 6.05. The SMILES string of the molecule is CC(C)(C)OC(=O)NCCCCN(CCCCNCc1c2ccccc2c(CNCCCCN(CCCCNC(=O)OC(C)(C)C)C(=O)OC(C)(C)C)c2ccccc12)C(=O)OC(C)(C)C. The summed E-state index contributed by atoms with van der Waals surface area (Å²) in [6.45, 7) is 28.5. The Morgan fingerprint density at radius 1 is 0.409 bits per heavy atom. The van der Waals surface area contributed by atoms with Crippen LogP contribution in [0.5, 0.6) is 0 Å². The van der Waals surface area contributed by atoms with E-state index in [-0.39, 0.29) is 12.2 Å². The third-order valence-corrected chi connectivity index (χ3v) is 10.2. The number of nitrogens with zero attached hydrogens (tertiary/aromatic N) is 2. The lowest BCUT2D eigenvalue weighted by Crippen LogP contribution is -2.38. The minimum Gasteiger partial charge on any atom is -0.444 e. The molecule has 0 radical (unpaired) electrons. The second kappa shape index (κ2) is 26.5. The fourth-order valence-electron chi connectivity index (χ4n) is 7.33. The van der Waals surface area contributed by atoms with Crippen molar-refractivity contribution in [2.45, 2.75) is 170 Å². The number of rotatable bonds is 24. The minimum absolute atomic E-state index is 0.317. The molecule has 370 valence electrons. The van der Waals surface area contributed by atoms with Crippen LogP contribution in [0.3, 0.4) is 0 Å². The van der Waals surface area contributed by atoms with Crippen LogP contribution in [-0.4, -0.2) is 109 Å². The third kappa shape index (κ3) is 22.1. The molecule has 14 nitrogen and oxygen atoms in total. The van der Waals surface area contributed by atoms with Crippen molar-refractivity contribution in [2.75, 3.05) is 52.4 Å². The van der Waals surface area contributed by atoms with E-state index in [1.54, 1.807) is 9.80 Å². The molecule has 4 amide bonds. The summed E-state index contributed by atoms with van der Waals surface area (Å²) >= 11 is 0. The molecular formula is C52H84N6O8. The first-order chi connectivity index (χ1) is 30.9. The van der Waals surface area contributed by atoms with Gasteiger partial charge in [0.05, 0.1) is 0 Å². The second-order valence-electron chi connectivity index (χ2n) is 21.0. The van der Waals surface area contributed by atoms with Crippen LogP contribution in [-0.2, 0) is 32.0 Å². The number of carbonyl (C=O) groups is 4. The zero-order valence-corrected chi connectivity index (χ0v) is 42.5. The predicted octanol–water partition coefficient (Wildman–Crippen LogP) is 10.8. The first kappa shape index (κ1) is 55.5. The van der Waals surface area contributed by atoms with Gasteiger partial charge in [-0.15, -0.1) is 0 Å². The maximum Gasteiger partial charge on any atom is 0.410 e. The van der Waals surface area contributed by atoms with Crippen LogP contribution in [0.2, 0.25) is 0 Å². The average molecular weight is 921 g/mol. The van der Waals surface area contributed by atoms with Crippen molar-refractivity contribution in [1.29, 1.82) is 0 Å². The van der Waals surface area contributed by atoms with Gasteiger partial charge in [-0.25, -0.2) is 19.2 Å². The number of fused-ring (bicyclic) bond motifs is 2. The Hall–Kier alpha value is -4.82. The summed E-state index contributed by atoms with van der Waals surface area (Å²) in [5.41, 5.74) is 0.253. The van der Waals surface area contributed by atoms with Crippen molar-refractivity contribution in [2.24, 2.45) is 0 Å². The molecule has 4 N–H and O–H groups in total. The molecule has 0 unspecified atom stereocenters. The van der Waals surface area contributed by atoms with Crippen molar-refractivity contribution in [1.82, 2.24) is 31.1 Å². The van der Waals surface area contributed by atoms with E-state index >= 15 is 0 Å². The van der Waals surface area contributed by atoms with E-state index in [0.717, 1.165) is 51.6 Å². The summed E-state index contributed by atoms with van der Waals surface area (Å²) in [7, 11) is 0. The van der Waals surface area contributed by atoms with Gasteiger partial charge in [0, 0.05) is 52.4 Å². The number of hydrogen-bond donors (Lipinski definition) is 4. The van der Waals surface area contributed by atoms with Crippen LogP contribution < -0.4 is 21.3 Å². The Morgan fingerprint density at radius 2 is 0.682 bits per heavy atom. The summed E-state index contributed by atoms with van der Waals surface area (Å²) in [6, 6.07) is 17.3. The van der Waals surface area contributed by atoms with Gasteiger partial charge in [0.25, 0.3) is 0 Å². The van der Waals surface area contributed by atoms with Gasteiger partial charge >= 0.3 is 24.4 Å². The standard InChI is InChI=1S/C52H84N6O8/c1-49(2,3)63-45(59)55-31-19-23-35-57(47(61)65-51(7,8)9)33-21-17-29-53-37-43-39-25-13-15-27-41(39)44(42-28-16-14-26-40(42)43)38-54-30-18-22-34-58(48(62)66-52(10,11)12)36-24-20-32-56-46(60)64-50(4,5)6/h13-16,25-28,53-54H,17-24,29-38H2,1-12H3,(H,55,59)(H,56,60). The van der Waals surface area contributed by atoms with E-state index in [4.69, 9.17) is 18.9 Å². The van der Waals surface area contributed by atoms with E-state index < -0.39 is 34.6 Å². The molecule has 0 atom stereocenters. The Bertz CT molecular complexity index is 1780. The number of carbonyl (C=O) groups excluding carboxylic acids is 4. The molecule has 0 saturated carbocycles. The molecule has 0 aliphatic heterocycles. The van der Waals surface area contributed by atoms with Crippen LogP contribution in [0.15, 0.2) is 48.5 Å². The highest BCUT2D eigenvalue weighted by Crippen LogP contribution is 2.33. The Balaban J connectivity index is 1.54. The zero-order valence-electron chi connectivity index (χ0n) is 42.5. The lowest BCUT2D eigenvalue weighted by Gasteiger charge is -2.27. The maximum atomic E-state index is 13.1. The fraction of sp³-hybridized carbons (Fsp3) is 0.654. The van der Waals surface area contributed by atoms with Gasteiger partial charge in [0.15, 0.2) is 0 Å². The van der Waals surface area contributed by atoms with Gasteiger partial charge in [0.2, 0.25) is 0 Å². The smallest absolute Gasteiger partial charge is 0.410 e. The molecule has 3 aromatic rings. The number of nitrogens with one attached hydrogen (secondary N) is 4. The van der Waals surface area contributed by atoms with Crippen molar-refractivity contribution in [3.63, 3.8) is 0 Å². The lowest BCUT2D eigenvalue weighted by molar-refractivity contribution is 0.0233. The van der Waals surface area contributed by atoms with Gasteiger partial charge in [-0.1, -0.05) is 48.5 Å². The van der Waals surface area contributed by atoms with Crippen LogP contribution in [0, 0.1) is 0 Å². The highest BCUT2D eigenvalue weighted by Gasteiger charge is 2.24. The van der Waals surface area contributed by atoms with Crippen molar-refractivity contribution in [3.8, 4) is 0 Å². The number of unbranched alkanes of at least 4 members (excludes halogenated alkanes) is 4. The summed E-state index contributed by atoms with van der Waals surface area (Å²) in [4.78, 5) is 53.8. The number of alkyl carbamates (subject to hydrolysis) is 2. The quantitative estimate of drug-likeness (QED) is 0.0387. The van der Waals surface area contributed by atoms with E-state index in [1.807, 2.05) is 83.1 Å². The average Bonchev–Trinajstić information content (AvgIpc) is 3.19. The lowest BCUT2D eigenvalue weighted by atomic mass is 9.91. The molecule has 0 spiro atoms. The van der Waals surface area contributed by atoms with Crippen LogP contribution in [0.1, 0.15) is 146 Å². The largest absolute Gasteiger partial charge is 0.444 e.